The smallest absolute Gasteiger partial charge is 0.338 e. The molecule has 4 N–H and O–H groups in total. The van der Waals surface area contributed by atoms with Crippen molar-refractivity contribution < 1.29 is 32.0 Å². The van der Waals surface area contributed by atoms with Gasteiger partial charge in [-0.2, -0.15) is 0 Å². The number of hydrogen-bond donors (Lipinski definition) is 2. The zero-order valence-corrected chi connectivity index (χ0v) is 16.7. The van der Waals surface area contributed by atoms with E-state index in [-0.39, 0.29) is 11.9 Å². The van der Waals surface area contributed by atoms with E-state index >= 15 is 0 Å². The molecule has 1 aromatic rings. The summed E-state index contributed by atoms with van der Waals surface area (Å²) in [6, 6.07) is 6.28. The van der Waals surface area contributed by atoms with Crippen LogP contribution in [0.1, 0.15) is 43.0 Å². The average molecular weight is 416 g/mol. The first kappa shape index (κ1) is 25.3. The van der Waals surface area contributed by atoms with Gasteiger partial charge in [-0.25, -0.2) is 13.2 Å². The lowest BCUT2D eigenvalue weighted by atomic mass is 10.2. The molecule has 0 saturated heterocycles. The van der Waals surface area contributed by atoms with Gasteiger partial charge >= 0.3 is 11.9 Å². The Morgan fingerprint density at radius 2 is 1.68 bits per heavy atom. The fourth-order valence-electron chi connectivity index (χ4n) is 1.82. The van der Waals surface area contributed by atoms with E-state index in [2.05, 4.69) is 4.99 Å². The third kappa shape index (κ3) is 15.6. The topological polar surface area (TPSA) is 174 Å². The summed E-state index contributed by atoms with van der Waals surface area (Å²) in [6.45, 7) is 2.62. The molecule has 0 heterocycles. The molecule has 0 saturated carbocycles. The molecule has 1 aromatic carbocycles. The lowest BCUT2D eigenvalue weighted by molar-refractivity contribution is -0.134. The van der Waals surface area contributed by atoms with Crippen molar-refractivity contribution in [2.75, 3.05) is 19.4 Å². The number of carbonyl (C=O) groups excluding carboxylic acids is 2. The standard InChI is InChI=1S/C16H23N3O4.CH4O3S/c1-2-22-15(21)12-7-9-13(10-8-12)23-14(20)6-4-3-5-11-19-16(17)18;1-5(2,3)4/h7-10H,2-6,11H2,1H3,(H4,17,18,19);1H3,(H,2,3,4)/p-1. The Hall–Kier alpha value is -2.66. The highest BCUT2D eigenvalue weighted by Gasteiger charge is 2.08. The van der Waals surface area contributed by atoms with E-state index in [0.29, 0.717) is 43.6 Å². The van der Waals surface area contributed by atoms with Gasteiger partial charge in [0, 0.05) is 19.2 Å². The quantitative estimate of drug-likeness (QED) is 0.147. The van der Waals surface area contributed by atoms with Crippen LogP contribution < -0.4 is 16.2 Å². The van der Waals surface area contributed by atoms with Crippen LogP contribution >= 0.6 is 0 Å². The van der Waals surface area contributed by atoms with Crippen molar-refractivity contribution in [3.8, 4) is 5.75 Å². The molecular formula is C17H26N3O7S-. The van der Waals surface area contributed by atoms with E-state index in [4.69, 9.17) is 33.9 Å². The molecule has 11 heteroatoms. The van der Waals surface area contributed by atoms with Crippen LogP contribution in [0, 0.1) is 0 Å². The molecule has 0 aliphatic heterocycles. The molecule has 0 radical (unpaired) electrons. The Balaban J connectivity index is 0.00000129. The predicted octanol–water partition coefficient (Wildman–Crippen LogP) is 0.764. The number of aliphatic imine (C=N–C) groups is 1. The Labute approximate surface area is 164 Å². The Morgan fingerprint density at radius 1 is 1.11 bits per heavy atom. The maximum absolute atomic E-state index is 11.7. The van der Waals surface area contributed by atoms with Crippen LogP contribution in [0.4, 0.5) is 0 Å². The number of ether oxygens (including phenoxy) is 2. The molecule has 0 aliphatic rings. The molecule has 0 unspecified atom stereocenters. The number of hydrogen-bond acceptors (Lipinski definition) is 8. The van der Waals surface area contributed by atoms with Gasteiger partial charge in [-0.15, -0.1) is 0 Å². The highest BCUT2D eigenvalue weighted by molar-refractivity contribution is 7.84. The number of guanidine groups is 1. The molecule has 0 bridgehead atoms. The maximum Gasteiger partial charge on any atom is 0.338 e. The van der Waals surface area contributed by atoms with Gasteiger partial charge in [0.05, 0.1) is 22.3 Å². The Kier molecular flexibility index (Phi) is 12.2. The van der Waals surface area contributed by atoms with Gasteiger partial charge in [0.25, 0.3) is 0 Å². The lowest BCUT2D eigenvalue weighted by Crippen LogP contribution is -2.22. The minimum absolute atomic E-state index is 0.0793. The molecule has 0 spiro atoms. The van der Waals surface area contributed by atoms with Crippen molar-refractivity contribution in [1.82, 2.24) is 0 Å². The summed E-state index contributed by atoms with van der Waals surface area (Å²) in [5.74, 6) is -0.221. The van der Waals surface area contributed by atoms with Crippen LogP contribution in [0.5, 0.6) is 5.75 Å². The Bertz CT molecular complexity index is 735. The molecule has 0 fully saturated rings. The number of nitrogens with zero attached hydrogens (tertiary/aromatic N) is 1. The number of carbonyl (C=O) groups is 2. The molecule has 0 amide bonds. The highest BCUT2D eigenvalue weighted by Crippen LogP contribution is 2.14. The summed E-state index contributed by atoms with van der Waals surface area (Å²) in [5.41, 5.74) is 10.8. The van der Waals surface area contributed by atoms with Gasteiger partial charge in [-0.05, 0) is 44.0 Å². The number of unbranched alkanes of at least 4 members (excludes halogenated alkanes) is 2. The lowest BCUT2D eigenvalue weighted by Gasteiger charge is -2.05. The third-order valence-electron chi connectivity index (χ3n) is 2.93. The second-order valence-corrected chi connectivity index (χ2v) is 6.95. The minimum atomic E-state index is -3.92. The van der Waals surface area contributed by atoms with Crippen LogP contribution in [-0.2, 0) is 19.6 Å². The molecule has 10 nitrogen and oxygen atoms in total. The van der Waals surface area contributed by atoms with E-state index in [9.17, 15) is 9.59 Å². The van der Waals surface area contributed by atoms with E-state index in [1.165, 1.54) is 0 Å². The van der Waals surface area contributed by atoms with E-state index in [0.717, 1.165) is 12.8 Å². The van der Waals surface area contributed by atoms with Gasteiger partial charge in [-0.1, -0.05) is 6.42 Å². The van der Waals surface area contributed by atoms with Crippen molar-refractivity contribution in [2.45, 2.75) is 32.6 Å². The van der Waals surface area contributed by atoms with Crippen LogP contribution in [0.2, 0.25) is 0 Å². The fraction of sp³-hybridized carbons (Fsp3) is 0.471. The van der Waals surface area contributed by atoms with Crippen molar-refractivity contribution in [3.63, 3.8) is 0 Å². The maximum atomic E-state index is 11.7. The Morgan fingerprint density at radius 3 is 2.18 bits per heavy atom. The summed E-state index contributed by atoms with van der Waals surface area (Å²) < 4.78 is 37.3. The van der Waals surface area contributed by atoms with Crippen LogP contribution in [0.15, 0.2) is 29.3 Å². The van der Waals surface area contributed by atoms with Gasteiger partial charge in [0.1, 0.15) is 5.75 Å². The van der Waals surface area contributed by atoms with E-state index in [1.807, 2.05) is 0 Å². The van der Waals surface area contributed by atoms with Crippen LogP contribution in [0.25, 0.3) is 0 Å². The summed E-state index contributed by atoms with van der Waals surface area (Å²) in [6.07, 6.45) is 3.29. The third-order valence-corrected chi connectivity index (χ3v) is 2.93. The normalized spacial score (nSPS) is 10.2. The van der Waals surface area contributed by atoms with Gasteiger partial charge < -0.3 is 25.5 Å². The highest BCUT2D eigenvalue weighted by atomic mass is 32.2. The fourth-order valence-corrected chi connectivity index (χ4v) is 1.82. The SMILES string of the molecule is CCOC(=O)c1ccc(OC(=O)CCCCCN=C(N)N)cc1.CS(=O)(=O)[O-]. The largest absolute Gasteiger partial charge is 0.748 e. The number of esters is 2. The molecule has 28 heavy (non-hydrogen) atoms. The molecular weight excluding hydrogens is 390 g/mol. The van der Waals surface area contributed by atoms with Crippen molar-refractivity contribution in [1.29, 1.82) is 0 Å². The molecule has 158 valence electrons. The molecule has 0 atom stereocenters. The number of rotatable bonds is 9. The summed E-state index contributed by atoms with van der Waals surface area (Å²) in [7, 11) is -3.92. The van der Waals surface area contributed by atoms with E-state index in [1.54, 1.807) is 31.2 Å². The van der Waals surface area contributed by atoms with Crippen molar-refractivity contribution in [2.24, 2.45) is 16.5 Å². The van der Waals surface area contributed by atoms with Crippen LogP contribution in [0.3, 0.4) is 0 Å². The van der Waals surface area contributed by atoms with Gasteiger partial charge in [0.2, 0.25) is 0 Å². The van der Waals surface area contributed by atoms with Gasteiger partial charge in [-0.3, -0.25) is 9.79 Å². The first-order valence-corrected chi connectivity index (χ1v) is 10.3. The van der Waals surface area contributed by atoms with E-state index < -0.39 is 16.1 Å². The zero-order chi connectivity index (χ0) is 21.6. The average Bonchev–Trinajstić information content (AvgIpc) is 2.57. The summed E-state index contributed by atoms with van der Waals surface area (Å²) in [4.78, 5) is 27.0. The van der Waals surface area contributed by atoms with Gasteiger partial charge in [0.15, 0.2) is 5.96 Å². The minimum Gasteiger partial charge on any atom is -0.748 e. The zero-order valence-electron chi connectivity index (χ0n) is 15.9. The summed E-state index contributed by atoms with van der Waals surface area (Å²) >= 11 is 0. The second kappa shape index (κ2) is 13.5. The predicted molar refractivity (Wildman–Crippen MR) is 103 cm³/mol. The second-order valence-electron chi connectivity index (χ2n) is 5.54. The molecule has 1 rings (SSSR count). The molecule has 0 aromatic heterocycles. The summed E-state index contributed by atoms with van der Waals surface area (Å²) in [5, 5.41) is 0. The first-order valence-electron chi connectivity index (χ1n) is 8.47. The first-order chi connectivity index (χ1) is 13.0. The molecule has 0 aliphatic carbocycles. The van der Waals surface area contributed by atoms with Crippen molar-refractivity contribution >= 4 is 28.0 Å². The monoisotopic (exact) mass is 416 g/mol. The van der Waals surface area contributed by atoms with Crippen LogP contribution in [-0.4, -0.2) is 50.3 Å². The number of benzene rings is 1. The number of nitrogens with two attached hydrogens (primary N) is 2. The van der Waals surface area contributed by atoms with Crippen molar-refractivity contribution in [3.05, 3.63) is 29.8 Å².